The first-order valence-corrected chi connectivity index (χ1v) is 6.34. The van der Waals surface area contributed by atoms with Gasteiger partial charge in [-0.1, -0.05) is 12.1 Å². The van der Waals surface area contributed by atoms with Gasteiger partial charge >= 0.3 is 0 Å². The van der Waals surface area contributed by atoms with Crippen LogP contribution in [0.1, 0.15) is 24.8 Å². The predicted octanol–water partition coefficient (Wildman–Crippen LogP) is 2.16. The van der Waals surface area contributed by atoms with Crippen LogP contribution in [-0.2, 0) is 4.74 Å². The fraction of sp³-hybridized carbons (Fsp3) is 0.571. The molecule has 1 aromatic rings. The van der Waals surface area contributed by atoms with Crippen molar-refractivity contribution < 1.29 is 9.47 Å². The highest BCUT2D eigenvalue weighted by atomic mass is 16.5. The van der Waals surface area contributed by atoms with Gasteiger partial charge in [0.2, 0.25) is 0 Å². The lowest BCUT2D eigenvalue weighted by atomic mass is 9.88. The molecule has 1 aliphatic rings. The van der Waals surface area contributed by atoms with Gasteiger partial charge in [0.1, 0.15) is 5.75 Å². The van der Waals surface area contributed by atoms with E-state index >= 15 is 0 Å². The first kappa shape index (κ1) is 12.4. The van der Waals surface area contributed by atoms with Gasteiger partial charge in [-0.05, 0) is 43.5 Å². The van der Waals surface area contributed by atoms with Crippen molar-refractivity contribution in [2.24, 2.45) is 11.7 Å². The minimum absolute atomic E-state index is 0.444. The standard InChI is InChI=1S/C14H21NO2/c1-2-17-14-5-3-12(4-6-14)13(8-15)7-11-9-16-10-11/h3-6,11,13H,2,7-10,15H2,1H3. The first-order chi connectivity index (χ1) is 8.33. The number of hydrogen-bond donors (Lipinski definition) is 1. The van der Waals surface area contributed by atoms with Crippen LogP contribution in [0.4, 0.5) is 0 Å². The van der Waals surface area contributed by atoms with E-state index in [2.05, 4.69) is 12.1 Å². The molecule has 2 rings (SSSR count). The Morgan fingerprint density at radius 2 is 2.06 bits per heavy atom. The van der Waals surface area contributed by atoms with Crippen LogP contribution < -0.4 is 10.5 Å². The van der Waals surface area contributed by atoms with Gasteiger partial charge in [0.15, 0.2) is 0 Å². The Morgan fingerprint density at radius 1 is 1.35 bits per heavy atom. The Labute approximate surface area is 103 Å². The molecule has 1 saturated heterocycles. The summed E-state index contributed by atoms with van der Waals surface area (Å²) >= 11 is 0. The molecule has 0 radical (unpaired) electrons. The van der Waals surface area contributed by atoms with E-state index in [0.29, 0.717) is 25.0 Å². The summed E-state index contributed by atoms with van der Waals surface area (Å²) in [7, 11) is 0. The van der Waals surface area contributed by atoms with Gasteiger partial charge in [-0.3, -0.25) is 0 Å². The summed E-state index contributed by atoms with van der Waals surface area (Å²) in [6.45, 7) is 5.19. The molecule has 0 amide bonds. The molecule has 0 spiro atoms. The summed E-state index contributed by atoms with van der Waals surface area (Å²) in [5, 5.41) is 0. The van der Waals surface area contributed by atoms with Crippen LogP contribution in [0.2, 0.25) is 0 Å². The Kier molecular flexibility index (Phi) is 4.40. The van der Waals surface area contributed by atoms with Crippen LogP contribution in [0, 0.1) is 5.92 Å². The Morgan fingerprint density at radius 3 is 2.53 bits per heavy atom. The fourth-order valence-corrected chi connectivity index (χ4v) is 2.19. The van der Waals surface area contributed by atoms with E-state index in [-0.39, 0.29) is 0 Å². The lowest BCUT2D eigenvalue weighted by molar-refractivity contribution is -0.0382. The summed E-state index contributed by atoms with van der Waals surface area (Å²) in [5.41, 5.74) is 7.16. The molecule has 1 unspecified atom stereocenters. The largest absolute Gasteiger partial charge is 0.494 e. The molecular formula is C14H21NO2. The number of nitrogens with two attached hydrogens (primary N) is 1. The molecule has 17 heavy (non-hydrogen) atoms. The average Bonchev–Trinajstić information content (AvgIpc) is 2.30. The van der Waals surface area contributed by atoms with Crippen LogP contribution in [0.3, 0.4) is 0 Å². The van der Waals surface area contributed by atoms with Crippen LogP contribution in [0.15, 0.2) is 24.3 Å². The monoisotopic (exact) mass is 235 g/mol. The lowest BCUT2D eigenvalue weighted by Gasteiger charge is -2.29. The van der Waals surface area contributed by atoms with Crippen LogP contribution >= 0.6 is 0 Å². The number of ether oxygens (including phenoxy) is 2. The topological polar surface area (TPSA) is 44.5 Å². The number of benzene rings is 1. The van der Waals surface area contributed by atoms with E-state index < -0.39 is 0 Å². The van der Waals surface area contributed by atoms with E-state index in [1.807, 2.05) is 19.1 Å². The summed E-state index contributed by atoms with van der Waals surface area (Å²) < 4.78 is 10.6. The zero-order valence-corrected chi connectivity index (χ0v) is 10.4. The van der Waals surface area contributed by atoms with E-state index in [4.69, 9.17) is 15.2 Å². The van der Waals surface area contributed by atoms with Crippen LogP contribution in [0.5, 0.6) is 5.75 Å². The van der Waals surface area contributed by atoms with Crippen molar-refractivity contribution in [3.63, 3.8) is 0 Å². The molecule has 3 heteroatoms. The third-order valence-corrected chi connectivity index (χ3v) is 3.27. The van der Waals surface area contributed by atoms with E-state index in [1.165, 1.54) is 5.56 Å². The highest BCUT2D eigenvalue weighted by molar-refractivity contribution is 5.29. The lowest BCUT2D eigenvalue weighted by Crippen LogP contribution is -2.30. The third kappa shape index (κ3) is 3.20. The third-order valence-electron chi connectivity index (χ3n) is 3.27. The normalized spacial score (nSPS) is 17.5. The second-order valence-electron chi connectivity index (χ2n) is 4.57. The molecule has 2 N–H and O–H groups in total. The van der Waals surface area contributed by atoms with Crippen LogP contribution in [-0.4, -0.2) is 26.4 Å². The van der Waals surface area contributed by atoms with Crippen molar-refractivity contribution in [2.45, 2.75) is 19.3 Å². The molecule has 0 bridgehead atoms. The molecule has 3 nitrogen and oxygen atoms in total. The minimum atomic E-state index is 0.444. The Balaban J connectivity index is 1.97. The van der Waals surface area contributed by atoms with Gasteiger partial charge in [-0.2, -0.15) is 0 Å². The fourth-order valence-electron chi connectivity index (χ4n) is 2.19. The minimum Gasteiger partial charge on any atom is -0.494 e. The Hall–Kier alpha value is -1.06. The van der Waals surface area contributed by atoms with E-state index in [1.54, 1.807) is 0 Å². The predicted molar refractivity (Wildman–Crippen MR) is 68.3 cm³/mol. The summed E-state index contributed by atoms with van der Waals surface area (Å²) in [5.74, 6) is 2.06. The molecule has 94 valence electrons. The maximum absolute atomic E-state index is 5.86. The molecule has 0 aromatic heterocycles. The quantitative estimate of drug-likeness (QED) is 0.821. The molecule has 0 aliphatic carbocycles. The van der Waals surface area contributed by atoms with Crippen molar-refractivity contribution in [3.8, 4) is 5.75 Å². The molecule has 1 heterocycles. The van der Waals surface area contributed by atoms with Crippen molar-refractivity contribution in [2.75, 3.05) is 26.4 Å². The second kappa shape index (κ2) is 6.03. The SMILES string of the molecule is CCOc1ccc(C(CN)CC2COC2)cc1. The maximum atomic E-state index is 5.86. The van der Waals surface area contributed by atoms with Crippen molar-refractivity contribution in [1.29, 1.82) is 0 Å². The molecule has 1 atom stereocenters. The summed E-state index contributed by atoms with van der Waals surface area (Å²) in [6, 6.07) is 8.31. The molecule has 1 aliphatic heterocycles. The van der Waals surface area contributed by atoms with E-state index in [9.17, 15) is 0 Å². The van der Waals surface area contributed by atoms with Gasteiger partial charge in [-0.15, -0.1) is 0 Å². The average molecular weight is 235 g/mol. The van der Waals surface area contributed by atoms with Gasteiger partial charge in [-0.25, -0.2) is 0 Å². The van der Waals surface area contributed by atoms with Gasteiger partial charge in [0.05, 0.1) is 19.8 Å². The summed E-state index contributed by atoms with van der Waals surface area (Å²) in [4.78, 5) is 0. The smallest absolute Gasteiger partial charge is 0.119 e. The molecule has 1 fully saturated rings. The number of rotatable bonds is 6. The Bertz CT molecular complexity index is 333. The molecule has 0 saturated carbocycles. The highest BCUT2D eigenvalue weighted by Gasteiger charge is 2.23. The van der Waals surface area contributed by atoms with E-state index in [0.717, 1.165) is 25.4 Å². The number of hydrogen-bond acceptors (Lipinski definition) is 3. The highest BCUT2D eigenvalue weighted by Crippen LogP contribution is 2.28. The van der Waals surface area contributed by atoms with Crippen molar-refractivity contribution in [3.05, 3.63) is 29.8 Å². The molecular weight excluding hydrogens is 214 g/mol. The van der Waals surface area contributed by atoms with Gasteiger partial charge < -0.3 is 15.2 Å². The van der Waals surface area contributed by atoms with Crippen molar-refractivity contribution in [1.82, 2.24) is 0 Å². The summed E-state index contributed by atoms with van der Waals surface area (Å²) in [6.07, 6.45) is 1.13. The van der Waals surface area contributed by atoms with Gasteiger partial charge in [0, 0.05) is 5.92 Å². The van der Waals surface area contributed by atoms with Crippen molar-refractivity contribution >= 4 is 0 Å². The maximum Gasteiger partial charge on any atom is 0.119 e. The molecule has 1 aromatic carbocycles. The zero-order valence-electron chi connectivity index (χ0n) is 10.4. The van der Waals surface area contributed by atoms with Gasteiger partial charge in [0.25, 0.3) is 0 Å². The zero-order chi connectivity index (χ0) is 12.1. The van der Waals surface area contributed by atoms with Crippen LogP contribution in [0.25, 0.3) is 0 Å². The first-order valence-electron chi connectivity index (χ1n) is 6.34. The second-order valence-corrected chi connectivity index (χ2v) is 4.57.